The number of aromatic hydroxyl groups is 4. The minimum Gasteiger partial charge on any atom is -0.507 e. The topological polar surface area (TPSA) is 177 Å². The zero-order valence-electron chi connectivity index (χ0n) is 37.8. The summed E-state index contributed by atoms with van der Waals surface area (Å²) < 4.78 is 39.5. The number of phenolic OH excluding ortho intramolecular Hbond substituents is 4. The fraction of sp³-hybridized carbons (Fsp3) is 0.172. The van der Waals surface area contributed by atoms with Gasteiger partial charge < -0.3 is 59.1 Å². The molecule has 0 bridgehead atoms. The van der Waals surface area contributed by atoms with E-state index in [1.54, 1.807) is 30.3 Å². The van der Waals surface area contributed by atoms with E-state index in [9.17, 15) is 30.6 Å². The maximum absolute atomic E-state index is 13.1. The molecule has 0 fully saturated rings. The fourth-order valence-electron chi connectivity index (χ4n) is 9.05. The number of hydrogen-bond donors (Lipinski definition) is 6. The van der Waals surface area contributed by atoms with Crippen LogP contribution in [0.3, 0.4) is 0 Å². The van der Waals surface area contributed by atoms with Gasteiger partial charge in [0.1, 0.15) is 73.1 Å². The van der Waals surface area contributed by atoms with Gasteiger partial charge in [0, 0.05) is 41.3 Å². The molecule has 8 aromatic carbocycles. The van der Waals surface area contributed by atoms with E-state index in [-0.39, 0.29) is 72.7 Å². The molecule has 0 aromatic heterocycles. The molecule has 5 atom stereocenters. The Morgan fingerprint density at radius 2 is 0.957 bits per heavy atom. The van der Waals surface area contributed by atoms with E-state index in [1.807, 2.05) is 121 Å². The summed E-state index contributed by atoms with van der Waals surface area (Å²) in [6, 6.07) is 52.7. The van der Waals surface area contributed by atoms with Crippen LogP contribution in [0.25, 0.3) is 0 Å². The molecular formula is C58H50O12. The first-order valence-electron chi connectivity index (χ1n) is 22.9. The van der Waals surface area contributed by atoms with Crippen molar-refractivity contribution in [3.8, 4) is 57.5 Å². The third kappa shape index (κ3) is 9.68. The van der Waals surface area contributed by atoms with E-state index >= 15 is 0 Å². The van der Waals surface area contributed by atoms with Gasteiger partial charge in [0.25, 0.3) is 0 Å². The Balaban J connectivity index is 1.12. The summed E-state index contributed by atoms with van der Waals surface area (Å²) in [5.74, 6) is -0.923. The van der Waals surface area contributed by atoms with Crippen LogP contribution in [-0.4, -0.2) is 42.8 Å². The molecule has 0 radical (unpaired) electrons. The lowest BCUT2D eigenvalue weighted by atomic mass is 9.77. The van der Waals surface area contributed by atoms with Crippen LogP contribution in [0.4, 0.5) is 0 Å². The van der Waals surface area contributed by atoms with Crippen LogP contribution in [0.5, 0.6) is 57.5 Å². The molecule has 10 rings (SSSR count). The highest BCUT2D eigenvalue weighted by molar-refractivity contribution is 5.66. The molecule has 8 aromatic rings. The van der Waals surface area contributed by atoms with E-state index in [0.717, 1.165) is 22.3 Å². The van der Waals surface area contributed by atoms with Crippen molar-refractivity contribution < 1.29 is 59.1 Å². The first-order valence-corrected chi connectivity index (χ1v) is 22.9. The molecule has 0 saturated carbocycles. The maximum Gasteiger partial charge on any atom is 0.162 e. The van der Waals surface area contributed by atoms with Crippen LogP contribution < -0.4 is 28.4 Å². The van der Waals surface area contributed by atoms with Crippen molar-refractivity contribution in [3.63, 3.8) is 0 Å². The Labute approximate surface area is 404 Å². The van der Waals surface area contributed by atoms with Crippen LogP contribution in [0.1, 0.15) is 68.2 Å². The number of phenols is 4. The Kier molecular flexibility index (Phi) is 13.1. The molecule has 0 aliphatic carbocycles. The van der Waals surface area contributed by atoms with Gasteiger partial charge in [-0.1, -0.05) is 133 Å². The molecule has 0 amide bonds. The third-order valence-electron chi connectivity index (χ3n) is 12.6. The molecule has 0 spiro atoms. The maximum atomic E-state index is 13.1. The second-order valence-electron chi connectivity index (χ2n) is 17.3. The number of hydrogen-bond acceptors (Lipinski definition) is 12. The van der Waals surface area contributed by atoms with Crippen molar-refractivity contribution in [1.29, 1.82) is 0 Å². The average Bonchev–Trinajstić information content (AvgIpc) is 3.38. The summed E-state index contributed by atoms with van der Waals surface area (Å²) in [6.07, 6.45) is -5.14. The smallest absolute Gasteiger partial charge is 0.162 e. The predicted octanol–water partition coefficient (Wildman–Crippen LogP) is 10.5. The number of rotatable bonds is 15. The Morgan fingerprint density at radius 3 is 1.54 bits per heavy atom. The number of fused-ring (bicyclic) bond motifs is 2. The molecule has 12 heteroatoms. The zero-order valence-corrected chi connectivity index (χ0v) is 37.8. The van der Waals surface area contributed by atoms with Gasteiger partial charge in [-0.3, -0.25) is 0 Å². The van der Waals surface area contributed by atoms with E-state index in [1.165, 1.54) is 24.3 Å². The van der Waals surface area contributed by atoms with Crippen molar-refractivity contribution >= 4 is 0 Å². The lowest BCUT2D eigenvalue weighted by Crippen LogP contribution is -2.37. The van der Waals surface area contributed by atoms with Gasteiger partial charge in [-0.2, -0.15) is 0 Å². The summed E-state index contributed by atoms with van der Waals surface area (Å²) in [6.45, 7) is 0.813. The van der Waals surface area contributed by atoms with Crippen molar-refractivity contribution in [2.45, 2.75) is 63.2 Å². The minimum atomic E-state index is -1.49. The highest BCUT2D eigenvalue weighted by Crippen LogP contribution is 2.58. The van der Waals surface area contributed by atoms with Crippen molar-refractivity contribution in [2.24, 2.45) is 0 Å². The molecule has 354 valence electrons. The standard InChI is InChI=1S/C58H50O12/c59-43-23-21-39(25-45(43)61)56-47(63)29-42-44(60)30-46(62)52(58(42)70-56)54-53-50(68-34-38-19-11-4-12-20-38)27-41(65-31-35-13-5-1-6-14-35)28-51(53)69-57(55(54)64)40-22-24-48(66-32-36-15-7-2-8-16-36)49(26-40)67-33-37-17-9-3-10-18-37/h1-28,30,47,54-57,59-64H,29,31-34H2/t47-,54+,55+,56-,57-/m1/s1. The first-order chi connectivity index (χ1) is 34.2. The lowest BCUT2D eigenvalue weighted by Gasteiger charge is -2.40. The van der Waals surface area contributed by atoms with Crippen molar-refractivity contribution in [1.82, 2.24) is 0 Å². The molecule has 2 aliphatic rings. The summed E-state index contributed by atoms with van der Waals surface area (Å²) >= 11 is 0. The van der Waals surface area contributed by atoms with Crippen LogP contribution in [0, 0.1) is 0 Å². The van der Waals surface area contributed by atoms with Gasteiger partial charge in [0.05, 0.1) is 12.0 Å². The second-order valence-corrected chi connectivity index (χ2v) is 17.3. The molecule has 70 heavy (non-hydrogen) atoms. The van der Waals surface area contributed by atoms with Gasteiger partial charge in [-0.25, -0.2) is 0 Å². The Hall–Kier alpha value is -8.32. The predicted molar refractivity (Wildman–Crippen MR) is 260 cm³/mol. The van der Waals surface area contributed by atoms with Crippen molar-refractivity contribution in [2.75, 3.05) is 0 Å². The number of aliphatic hydroxyl groups is 2. The molecule has 0 unspecified atom stereocenters. The van der Waals surface area contributed by atoms with Gasteiger partial charge >= 0.3 is 0 Å². The number of aliphatic hydroxyl groups excluding tert-OH is 2. The third-order valence-corrected chi connectivity index (χ3v) is 12.6. The lowest BCUT2D eigenvalue weighted by molar-refractivity contribution is 0.000830. The fourth-order valence-corrected chi connectivity index (χ4v) is 9.05. The van der Waals surface area contributed by atoms with Crippen LogP contribution in [-0.2, 0) is 32.8 Å². The molecule has 2 aliphatic heterocycles. The highest BCUT2D eigenvalue weighted by atomic mass is 16.5. The SMILES string of the molecule is Oc1ccc([C@H]2Oc3c(c(O)cc(O)c3[C@H]3c4c(OCc5ccccc5)cc(OCc5ccccc5)cc4O[C@H](c4ccc(OCc5ccccc5)c(OCc5ccccc5)c4)[C@H]3O)C[C@H]2O)cc1O. The quantitative estimate of drug-likeness (QED) is 0.0537. The summed E-state index contributed by atoms with van der Waals surface area (Å²) in [7, 11) is 0. The zero-order chi connectivity index (χ0) is 48.1. The summed E-state index contributed by atoms with van der Waals surface area (Å²) in [5, 5.41) is 68.8. The summed E-state index contributed by atoms with van der Waals surface area (Å²) in [4.78, 5) is 0. The molecule has 12 nitrogen and oxygen atoms in total. The number of ether oxygens (including phenoxy) is 6. The largest absolute Gasteiger partial charge is 0.507 e. The van der Waals surface area contributed by atoms with Gasteiger partial charge in [-0.05, 0) is 57.6 Å². The first kappa shape index (κ1) is 45.5. The Morgan fingerprint density at radius 1 is 0.429 bits per heavy atom. The van der Waals surface area contributed by atoms with Gasteiger partial charge in [0.15, 0.2) is 29.1 Å². The summed E-state index contributed by atoms with van der Waals surface area (Å²) in [5.41, 5.74) is 5.10. The van der Waals surface area contributed by atoms with Gasteiger partial charge in [0.2, 0.25) is 0 Å². The van der Waals surface area contributed by atoms with Crippen LogP contribution >= 0.6 is 0 Å². The minimum absolute atomic E-state index is 0.00553. The van der Waals surface area contributed by atoms with E-state index in [4.69, 9.17) is 28.4 Å². The molecular weight excluding hydrogens is 889 g/mol. The van der Waals surface area contributed by atoms with Crippen LogP contribution in [0.2, 0.25) is 0 Å². The highest BCUT2D eigenvalue weighted by Gasteiger charge is 2.46. The molecule has 0 saturated heterocycles. The van der Waals surface area contributed by atoms with E-state index in [0.29, 0.717) is 33.9 Å². The normalized spacial score (nSPS) is 18.1. The van der Waals surface area contributed by atoms with E-state index in [2.05, 4.69) is 0 Å². The molecule has 6 N–H and O–H groups in total. The van der Waals surface area contributed by atoms with Crippen LogP contribution in [0.15, 0.2) is 176 Å². The van der Waals surface area contributed by atoms with Crippen molar-refractivity contribution in [3.05, 3.63) is 226 Å². The second kappa shape index (κ2) is 20.1. The van der Waals surface area contributed by atoms with E-state index < -0.39 is 41.8 Å². The number of benzene rings is 8. The monoisotopic (exact) mass is 938 g/mol. The molecule has 2 heterocycles. The average molecular weight is 939 g/mol. The van der Waals surface area contributed by atoms with Gasteiger partial charge in [-0.15, -0.1) is 0 Å². The Bertz CT molecular complexity index is 3080.